The Balaban J connectivity index is 2.97. The maximum absolute atomic E-state index is 12.0. The van der Waals surface area contributed by atoms with Crippen molar-refractivity contribution in [3.8, 4) is 0 Å². The Morgan fingerprint density at radius 3 is 1.68 bits per heavy atom. The zero-order valence-corrected chi connectivity index (χ0v) is 11.6. The van der Waals surface area contributed by atoms with Gasteiger partial charge in [0, 0.05) is 0 Å². The van der Waals surface area contributed by atoms with Crippen molar-refractivity contribution in [2.75, 3.05) is 4.90 Å². The van der Waals surface area contributed by atoms with E-state index in [9.17, 15) is 9.59 Å². The molecular formula is C14H19NO4. The minimum absolute atomic E-state index is 0.314. The maximum Gasteiger partial charge on any atom is 0.424 e. The average Bonchev–Trinajstić information content (AvgIpc) is 2.28. The maximum atomic E-state index is 12.0. The van der Waals surface area contributed by atoms with Crippen LogP contribution in [0.25, 0.3) is 0 Å². The van der Waals surface area contributed by atoms with Crippen molar-refractivity contribution >= 4 is 17.9 Å². The van der Waals surface area contributed by atoms with Crippen molar-refractivity contribution < 1.29 is 19.1 Å². The van der Waals surface area contributed by atoms with E-state index >= 15 is 0 Å². The molecular weight excluding hydrogens is 246 g/mol. The highest BCUT2D eigenvalue weighted by Crippen LogP contribution is 2.17. The van der Waals surface area contributed by atoms with Gasteiger partial charge >= 0.3 is 12.2 Å². The number of benzene rings is 1. The third-order valence-corrected chi connectivity index (χ3v) is 2.05. The second-order valence-corrected chi connectivity index (χ2v) is 4.54. The molecule has 0 saturated heterocycles. The number of anilines is 1. The Morgan fingerprint density at radius 1 is 0.895 bits per heavy atom. The van der Waals surface area contributed by atoms with E-state index in [4.69, 9.17) is 9.47 Å². The summed E-state index contributed by atoms with van der Waals surface area (Å²) in [6, 6.07) is 8.54. The van der Waals surface area contributed by atoms with Gasteiger partial charge in [0.25, 0.3) is 0 Å². The number of hydrogen-bond acceptors (Lipinski definition) is 4. The van der Waals surface area contributed by atoms with E-state index in [1.807, 2.05) is 0 Å². The van der Waals surface area contributed by atoms with Crippen LogP contribution in [0.1, 0.15) is 27.7 Å². The molecule has 0 aliphatic carbocycles. The molecule has 0 fully saturated rings. The molecule has 0 aromatic heterocycles. The predicted octanol–water partition coefficient (Wildman–Crippen LogP) is 3.58. The van der Waals surface area contributed by atoms with Crippen molar-refractivity contribution in [2.24, 2.45) is 0 Å². The second kappa shape index (κ2) is 6.78. The Bertz CT molecular complexity index is 406. The molecule has 1 rings (SSSR count). The lowest BCUT2D eigenvalue weighted by atomic mass is 10.3. The lowest BCUT2D eigenvalue weighted by Gasteiger charge is -2.22. The van der Waals surface area contributed by atoms with Crippen LogP contribution in [0.15, 0.2) is 30.3 Å². The summed E-state index contributed by atoms with van der Waals surface area (Å²) in [5, 5.41) is 0. The third kappa shape index (κ3) is 4.62. The van der Waals surface area contributed by atoms with Gasteiger partial charge in [-0.15, -0.1) is 0 Å². The number of carbonyl (C=O) groups is 2. The standard InChI is InChI=1S/C14H19NO4/c1-10(2)18-13(16)15(14(17)19-11(3)4)12-8-6-5-7-9-12/h5-11H,1-4H3. The smallest absolute Gasteiger partial charge is 0.424 e. The fourth-order valence-electron chi connectivity index (χ4n) is 1.37. The molecule has 0 aliphatic rings. The van der Waals surface area contributed by atoms with E-state index in [0.717, 1.165) is 4.90 Å². The number of ether oxygens (including phenoxy) is 2. The minimum atomic E-state index is -0.744. The summed E-state index contributed by atoms with van der Waals surface area (Å²) in [5.41, 5.74) is 0.416. The highest BCUT2D eigenvalue weighted by atomic mass is 16.6. The molecule has 5 heteroatoms. The van der Waals surface area contributed by atoms with Crippen LogP contribution in [0, 0.1) is 0 Å². The number of para-hydroxylation sites is 1. The van der Waals surface area contributed by atoms with Gasteiger partial charge in [0.2, 0.25) is 0 Å². The summed E-state index contributed by atoms with van der Waals surface area (Å²) < 4.78 is 10.1. The highest BCUT2D eigenvalue weighted by molar-refractivity contribution is 6.09. The van der Waals surface area contributed by atoms with Crippen molar-refractivity contribution in [1.82, 2.24) is 0 Å². The van der Waals surface area contributed by atoms with Crippen molar-refractivity contribution in [2.45, 2.75) is 39.9 Å². The van der Waals surface area contributed by atoms with Gasteiger partial charge in [0.15, 0.2) is 0 Å². The first kappa shape index (κ1) is 15.0. The summed E-state index contributed by atoms with van der Waals surface area (Å²) >= 11 is 0. The largest absolute Gasteiger partial charge is 0.446 e. The molecule has 0 bridgehead atoms. The molecule has 104 valence electrons. The van der Waals surface area contributed by atoms with Gasteiger partial charge in [-0.05, 0) is 39.8 Å². The number of nitrogens with zero attached hydrogens (tertiary/aromatic N) is 1. The summed E-state index contributed by atoms with van der Waals surface area (Å²) in [7, 11) is 0. The zero-order chi connectivity index (χ0) is 14.4. The van der Waals surface area contributed by atoms with Crippen LogP contribution < -0.4 is 4.90 Å². The van der Waals surface area contributed by atoms with Crippen LogP contribution in [0.2, 0.25) is 0 Å². The van der Waals surface area contributed by atoms with E-state index in [-0.39, 0.29) is 12.2 Å². The number of imide groups is 1. The quantitative estimate of drug-likeness (QED) is 0.838. The first-order valence-electron chi connectivity index (χ1n) is 6.18. The third-order valence-electron chi connectivity index (χ3n) is 2.05. The van der Waals surface area contributed by atoms with Gasteiger partial charge in [0.1, 0.15) is 0 Å². The van der Waals surface area contributed by atoms with Crippen molar-refractivity contribution in [3.05, 3.63) is 30.3 Å². The molecule has 1 aromatic carbocycles. The van der Waals surface area contributed by atoms with Crippen LogP contribution in [0.4, 0.5) is 15.3 Å². The molecule has 2 amide bonds. The van der Waals surface area contributed by atoms with Crippen LogP contribution in [-0.2, 0) is 9.47 Å². The summed E-state index contributed by atoms with van der Waals surface area (Å²) in [6.45, 7) is 6.87. The van der Waals surface area contributed by atoms with Gasteiger partial charge in [-0.3, -0.25) is 0 Å². The average molecular weight is 265 g/mol. The van der Waals surface area contributed by atoms with Crippen LogP contribution >= 0.6 is 0 Å². The monoisotopic (exact) mass is 265 g/mol. The molecule has 0 N–H and O–H groups in total. The number of amides is 2. The number of carbonyl (C=O) groups excluding carboxylic acids is 2. The Morgan fingerprint density at radius 2 is 1.32 bits per heavy atom. The fourth-order valence-corrected chi connectivity index (χ4v) is 1.37. The van der Waals surface area contributed by atoms with E-state index < -0.39 is 12.2 Å². The first-order chi connectivity index (χ1) is 8.91. The molecule has 0 spiro atoms. The van der Waals surface area contributed by atoms with Gasteiger partial charge in [-0.25, -0.2) is 9.59 Å². The molecule has 0 unspecified atom stereocenters. The Labute approximate surface area is 113 Å². The molecule has 0 saturated carbocycles. The lowest BCUT2D eigenvalue weighted by molar-refractivity contribution is 0.104. The number of hydrogen-bond donors (Lipinski definition) is 0. The van der Waals surface area contributed by atoms with Crippen LogP contribution in [0.5, 0.6) is 0 Å². The summed E-state index contributed by atoms with van der Waals surface area (Å²) in [4.78, 5) is 24.8. The van der Waals surface area contributed by atoms with Crippen molar-refractivity contribution in [3.63, 3.8) is 0 Å². The van der Waals surface area contributed by atoms with E-state index in [1.165, 1.54) is 0 Å². The SMILES string of the molecule is CC(C)OC(=O)N(C(=O)OC(C)C)c1ccccc1. The first-order valence-corrected chi connectivity index (χ1v) is 6.18. The van der Waals surface area contributed by atoms with Gasteiger partial charge in [-0.1, -0.05) is 18.2 Å². The zero-order valence-electron chi connectivity index (χ0n) is 11.6. The summed E-state index contributed by atoms with van der Waals surface area (Å²) in [5.74, 6) is 0. The van der Waals surface area contributed by atoms with Crippen LogP contribution in [-0.4, -0.2) is 24.4 Å². The topological polar surface area (TPSA) is 55.8 Å². The van der Waals surface area contributed by atoms with Gasteiger partial charge in [-0.2, -0.15) is 4.90 Å². The Kier molecular flexibility index (Phi) is 5.36. The number of rotatable bonds is 3. The van der Waals surface area contributed by atoms with E-state index in [0.29, 0.717) is 5.69 Å². The minimum Gasteiger partial charge on any atom is -0.446 e. The van der Waals surface area contributed by atoms with Crippen LogP contribution in [0.3, 0.4) is 0 Å². The second-order valence-electron chi connectivity index (χ2n) is 4.54. The molecule has 19 heavy (non-hydrogen) atoms. The molecule has 0 atom stereocenters. The lowest BCUT2D eigenvalue weighted by Crippen LogP contribution is -2.40. The van der Waals surface area contributed by atoms with E-state index in [2.05, 4.69) is 0 Å². The van der Waals surface area contributed by atoms with E-state index in [1.54, 1.807) is 58.0 Å². The molecule has 1 aromatic rings. The van der Waals surface area contributed by atoms with Crippen molar-refractivity contribution in [1.29, 1.82) is 0 Å². The molecule has 0 radical (unpaired) electrons. The normalized spacial score (nSPS) is 10.4. The fraction of sp³-hybridized carbons (Fsp3) is 0.429. The predicted molar refractivity (Wildman–Crippen MR) is 72.2 cm³/mol. The Hall–Kier alpha value is -2.04. The van der Waals surface area contributed by atoms with Gasteiger partial charge < -0.3 is 9.47 Å². The molecule has 0 aliphatic heterocycles. The molecule has 0 heterocycles. The summed E-state index contributed by atoms with van der Waals surface area (Å²) in [6.07, 6.45) is -2.12. The van der Waals surface area contributed by atoms with Gasteiger partial charge in [0.05, 0.1) is 17.9 Å². The molecule has 5 nitrogen and oxygen atoms in total. The highest BCUT2D eigenvalue weighted by Gasteiger charge is 2.27.